The first-order chi connectivity index (χ1) is 15.2. The van der Waals surface area contributed by atoms with Crippen molar-refractivity contribution in [3.8, 4) is 0 Å². The van der Waals surface area contributed by atoms with Crippen LogP contribution in [0.3, 0.4) is 0 Å². The number of hydrogen-bond acceptors (Lipinski definition) is 4. The predicted octanol–water partition coefficient (Wildman–Crippen LogP) is 4.13. The van der Waals surface area contributed by atoms with Crippen molar-refractivity contribution in [2.24, 2.45) is 0 Å². The Morgan fingerprint density at radius 3 is 1.41 bits per heavy atom. The lowest BCUT2D eigenvalue weighted by molar-refractivity contribution is -0.906. The molecule has 0 aromatic heterocycles. The molecule has 6 nitrogen and oxygen atoms in total. The average molecular weight is 445 g/mol. The van der Waals surface area contributed by atoms with E-state index in [2.05, 4.69) is 41.8 Å². The highest BCUT2D eigenvalue weighted by molar-refractivity contribution is 6.13. The Balaban J connectivity index is 2.20. The Bertz CT molecular complexity index is 846. The van der Waals surface area contributed by atoms with E-state index in [0.29, 0.717) is 29.7 Å². The standard InChI is InChI=1S/C26H40N2O4/c1-7-27(5,8-2)17-19-31-25(29)22-15-11-13-21-14-12-16-23(24(21)22)26(30)32-20-18-28(6,9-3)10-4/h11-16H,7-10,17-20H2,1-6H3/q+2. The zero-order chi connectivity index (χ0) is 23.8. The molecule has 0 aliphatic heterocycles. The molecule has 0 amide bonds. The Hall–Kier alpha value is -2.44. The van der Waals surface area contributed by atoms with Crippen molar-refractivity contribution < 1.29 is 28.0 Å². The first-order valence-electron chi connectivity index (χ1n) is 11.8. The van der Waals surface area contributed by atoms with Gasteiger partial charge in [-0.3, -0.25) is 0 Å². The first kappa shape index (κ1) is 25.8. The van der Waals surface area contributed by atoms with Crippen LogP contribution in [0.2, 0.25) is 0 Å². The summed E-state index contributed by atoms with van der Waals surface area (Å²) in [7, 11) is 4.31. The Labute approximate surface area is 192 Å². The topological polar surface area (TPSA) is 52.6 Å². The van der Waals surface area contributed by atoms with Crippen LogP contribution in [0.25, 0.3) is 10.8 Å². The van der Waals surface area contributed by atoms with Crippen molar-refractivity contribution in [2.75, 3.05) is 66.6 Å². The van der Waals surface area contributed by atoms with Crippen LogP contribution in [0, 0.1) is 0 Å². The number of fused-ring (bicyclic) bond motifs is 1. The van der Waals surface area contributed by atoms with E-state index in [-0.39, 0.29) is 0 Å². The maximum Gasteiger partial charge on any atom is 0.338 e. The number of benzene rings is 2. The van der Waals surface area contributed by atoms with Crippen molar-refractivity contribution in [1.82, 2.24) is 0 Å². The summed E-state index contributed by atoms with van der Waals surface area (Å²) >= 11 is 0. The van der Waals surface area contributed by atoms with Gasteiger partial charge >= 0.3 is 11.9 Å². The minimum atomic E-state index is -0.407. The van der Waals surface area contributed by atoms with Crippen LogP contribution in [-0.2, 0) is 9.47 Å². The zero-order valence-corrected chi connectivity index (χ0v) is 20.6. The number of rotatable bonds is 12. The summed E-state index contributed by atoms with van der Waals surface area (Å²) in [6.07, 6.45) is 0. The number of esters is 2. The molecule has 0 aliphatic carbocycles. The molecule has 0 aliphatic rings. The average Bonchev–Trinajstić information content (AvgIpc) is 2.82. The van der Waals surface area contributed by atoms with E-state index in [1.54, 1.807) is 12.1 Å². The van der Waals surface area contributed by atoms with Gasteiger partial charge < -0.3 is 18.4 Å². The highest BCUT2D eigenvalue weighted by Crippen LogP contribution is 2.25. The van der Waals surface area contributed by atoms with Gasteiger partial charge in [-0.1, -0.05) is 24.3 Å². The van der Waals surface area contributed by atoms with Crippen molar-refractivity contribution >= 4 is 22.7 Å². The monoisotopic (exact) mass is 444 g/mol. The van der Waals surface area contributed by atoms with Crippen LogP contribution in [-0.4, -0.2) is 87.5 Å². The van der Waals surface area contributed by atoms with E-state index < -0.39 is 11.9 Å². The number of quaternary nitrogens is 2. The van der Waals surface area contributed by atoms with E-state index in [9.17, 15) is 9.59 Å². The lowest BCUT2D eigenvalue weighted by atomic mass is 9.99. The highest BCUT2D eigenvalue weighted by Gasteiger charge is 2.22. The molecule has 0 bridgehead atoms. The summed E-state index contributed by atoms with van der Waals surface area (Å²) < 4.78 is 12.9. The molecular weight excluding hydrogens is 404 g/mol. The smallest absolute Gasteiger partial charge is 0.338 e. The van der Waals surface area contributed by atoms with Crippen LogP contribution < -0.4 is 0 Å². The molecule has 0 atom stereocenters. The number of ether oxygens (including phenoxy) is 2. The van der Waals surface area contributed by atoms with E-state index in [1.807, 2.05) is 24.3 Å². The van der Waals surface area contributed by atoms with Gasteiger partial charge in [0.25, 0.3) is 0 Å². The molecule has 0 spiro atoms. The third kappa shape index (κ3) is 6.30. The Morgan fingerprint density at radius 2 is 1.06 bits per heavy atom. The van der Waals surface area contributed by atoms with Crippen LogP contribution in [0.1, 0.15) is 48.4 Å². The molecule has 0 saturated carbocycles. The van der Waals surface area contributed by atoms with E-state index in [0.717, 1.165) is 53.6 Å². The summed E-state index contributed by atoms with van der Waals surface area (Å²) in [5.41, 5.74) is 0.806. The number of nitrogens with zero attached hydrogens (tertiary/aromatic N) is 2. The van der Waals surface area contributed by atoms with E-state index in [1.165, 1.54) is 0 Å². The van der Waals surface area contributed by atoms with Crippen LogP contribution >= 0.6 is 0 Å². The van der Waals surface area contributed by atoms with Gasteiger partial charge in [0, 0.05) is 5.39 Å². The normalized spacial score (nSPS) is 12.1. The van der Waals surface area contributed by atoms with Gasteiger partial charge in [-0.25, -0.2) is 9.59 Å². The second-order valence-electron chi connectivity index (χ2n) is 8.93. The SMILES string of the molecule is CC[N+](C)(CC)CCOC(=O)c1cccc2cccc(C(=O)OCC[N+](C)(CC)CC)c12. The molecule has 0 N–H and O–H groups in total. The fourth-order valence-corrected chi connectivity index (χ4v) is 3.63. The van der Waals surface area contributed by atoms with Crippen molar-refractivity contribution in [1.29, 1.82) is 0 Å². The molecule has 0 heterocycles. The summed E-state index contributed by atoms with van der Waals surface area (Å²) in [5.74, 6) is -0.813. The van der Waals surface area contributed by atoms with Gasteiger partial charge in [-0.2, -0.15) is 0 Å². The van der Waals surface area contributed by atoms with Crippen LogP contribution in [0.5, 0.6) is 0 Å². The van der Waals surface area contributed by atoms with Crippen molar-refractivity contribution in [2.45, 2.75) is 27.7 Å². The number of likely N-dealkylation sites (N-methyl/N-ethyl adjacent to an activating group) is 2. The fourth-order valence-electron chi connectivity index (χ4n) is 3.63. The molecule has 0 saturated heterocycles. The number of carbonyl (C=O) groups is 2. The summed E-state index contributed by atoms with van der Waals surface area (Å²) in [6, 6.07) is 10.9. The van der Waals surface area contributed by atoms with Gasteiger partial charge in [-0.05, 0) is 45.2 Å². The summed E-state index contributed by atoms with van der Waals surface area (Å²) in [4.78, 5) is 25.9. The molecule has 176 valence electrons. The van der Waals surface area contributed by atoms with Gasteiger partial charge in [-0.15, -0.1) is 0 Å². The zero-order valence-electron chi connectivity index (χ0n) is 20.6. The van der Waals surface area contributed by atoms with Gasteiger partial charge in [0.05, 0.1) is 51.4 Å². The summed E-state index contributed by atoms with van der Waals surface area (Å²) in [5, 5.41) is 1.41. The molecule has 6 heteroatoms. The molecule has 0 fully saturated rings. The Kier molecular flexibility index (Phi) is 9.22. The minimum Gasteiger partial charge on any atom is -0.456 e. The largest absolute Gasteiger partial charge is 0.456 e. The quantitative estimate of drug-likeness (QED) is 0.365. The number of carbonyl (C=O) groups excluding carboxylic acids is 2. The Morgan fingerprint density at radius 1 is 0.688 bits per heavy atom. The molecule has 32 heavy (non-hydrogen) atoms. The molecular formula is C26H40N2O4+2. The van der Waals surface area contributed by atoms with Gasteiger partial charge in [0.15, 0.2) is 0 Å². The predicted molar refractivity (Wildman–Crippen MR) is 129 cm³/mol. The molecule has 0 radical (unpaired) electrons. The second kappa shape index (κ2) is 11.4. The maximum atomic E-state index is 12.9. The second-order valence-corrected chi connectivity index (χ2v) is 8.93. The third-order valence-corrected chi connectivity index (χ3v) is 7.13. The highest BCUT2D eigenvalue weighted by atomic mass is 16.5. The van der Waals surface area contributed by atoms with Gasteiger partial charge in [0.2, 0.25) is 0 Å². The third-order valence-electron chi connectivity index (χ3n) is 7.13. The molecule has 0 unspecified atom stereocenters. The lowest BCUT2D eigenvalue weighted by Crippen LogP contribution is -2.46. The minimum absolute atomic E-state index is 0.338. The maximum absolute atomic E-state index is 12.9. The van der Waals surface area contributed by atoms with Crippen LogP contribution in [0.15, 0.2) is 36.4 Å². The molecule has 2 aromatic rings. The molecule has 2 rings (SSSR count). The van der Waals surface area contributed by atoms with Crippen LogP contribution in [0.4, 0.5) is 0 Å². The van der Waals surface area contributed by atoms with E-state index in [4.69, 9.17) is 9.47 Å². The lowest BCUT2D eigenvalue weighted by Gasteiger charge is -2.31. The fraction of sp³-hybridized carbons (Fsp3) is 0.538. The van der Waals surface area contributed by atoms with E-state index >= 15 is 0 Å². The molecule has 2 aromatic carbocycles. The van der Waals surface area contributed by atoms with Gasteiger partial charge in [0.1, 0.15) is 26.3 Å². The number of hydrogen-bond donors (Lipinski definition) is 0. The van der Waals surface area contributed by atoms with Crippen molar-refractivity contribution in [3.63, 3.8) is 0 Å². The summed E-state index contributed by atoms with van der Waals surface area (Å²) in [6.45, 7) is 14.6. The first-order valence-corrected chi connectivity index (χ1v) is 11.8. The van der Waals surface area contributed by atoms with Crippen molar-refractivity contribution in [3.05, 3.63) is 47.5 Å².